The van der Waals surface area contributed by atoms with Crippen LogP contribution in [0, 0.1) is 0 Å². The van der Waals surface area contributed by atoms with Crippen LogP contribution in [0.2, 0.25) is 0 Å². The normalized spacial score (nSPS) is 21.9. The topological polar surface area (TPSA) is 41.3 Å². The van der Waals surface area contributed by atoms with Crippen LogP contribution in [-0.4, -0.2) is 45.5 Å². The number of hydrogen-bond acceptors (Lipinski definition) is 3. The second kappa shape index (κ2) is 6.17. The van der Waals surface area contributed by atoms with E-state index in [0.29, 0.717) is 12.6 Å². The van der Waals surface area contributed by atoms with Crippen molar-refractivity contribution in [1.82, 2.24) is 14.7 Å². The molecule has 0 radical (unpaired) electrons. The van der Waals surface area contributed by atoms with Gasteiger partial charge >= 0.3 is 0 Å². The molecule has 1 aromatic heterocycles. The lowest BCUT2D eigenvalue weighted by atomic mass is 10.0. The van der Waals surface area contributed by atoms with Crippen LogP contribution in [0.3, 0.4) is 0 Å². The molecular weight excluding hydrogens is 214 g/mol. The fourth-order valence-corrected chi connectivity index (χ4v) is 2.65. The van der Waals surface area contributed by atoms with Crippen molar-refractivity contribution < 1.29 is 5.11 Å². The standard InChI is InChI=1S/C13H23N3O/c1-15-10-12(9-14-15)5-4-8-16-7-3-2-6-13(16)11-17/h9-10,13,17H,2-8,11H2,1H3. The molecule has 1 saturated heterocycles. The van der Waals surface area contributed by atoms with Gasteiger partial charge in [-0.3, -0.25) is 9.58 Å². The van der Waals surface area contributed by atoms with E-state index >= 15 is 0 Å². The molecule has 0 bridgehead atoms. The molecule has 0 amide bonds. The Morgan fingerprint density at radius 2 is 2.35 bits per heavy atom. The van der Waals surface area contributed by atoms with Crippen molar-refractivity contribution >= 4 is 0 Å². The molecule has 1 N–H and O–H groups in total. The van der Waals surface area contributed by atoms with Crippen molar-refractivity contribution in [2.24, 2.45) is 7.05 Å². The summed E-state index contributed by atoms with van der Waals surface area (Å²) in [7, 11) is 1.95. The summed E-state index contributed by atoms with van der Waals surface area (Å²) >= 11 is 0. The quantitative estimate of drug-likeness (QED) is 0.836. The van der Waals surface area contributed by atoms with Crippen molar-refractivity contribution in [2.75, 3.05) is 19.7 Å². The second-order valence-electron chi connectivity index (χ2n) is 4.99. The summed E-state index contributed by atoms with van der Waals surface area (Å²) in [5, 5.41) is 13.5. The first kappa shape index (κ1) is 12.6. The number of aromatic nitrogens is 2. The maximum absolute atomic E-state index is 9.33. The van der Waals surface area contributed by atoms with Crippen LogP contribution in [-0.2, 0) is 13.5 Å². The van der Waals surface area contributed by atoms with Crippen molar-refractivity contribution in [3.63, 3.8) is 0 Å². The summed E-state index contributed by atoms with van der Waals surface area (Å²) in [6.45, 7) is 2.56. The van der Waals surface area contributed by atoms with Crippen LogP contribution >= 0.6 is 0 Å². The van der Waals surface area contributed by atoms with Gasteiger partial charge in [-0.25, -0.2) is 0 Å². The molecular formula is C13H23N3O. The summed E-state index contributed by atoms with van der Waals surface area (Å²) in [4.78, 5) is 2.44. The summed E-state index contributed by atoms with van der Waals surface area (Å²) in [5.41, 5.74) is 1.31. The summed E-state index contributed by atoms with van der Waals surface area (Å²) in [6, 6.07) is 0.401. The lowest BCUT2D eigenvalue weighted by Gasteiger charge is -2.34. The van der Waals surface area contributed by atoms with Crippen molar-refractivity contribution in [3.05, 3.63) is 18.0 Å². The average molecular weight is 237 g/mol. The lowest BCUT2D eigenvalue weighted by Crippen LogP contribution is -2.42. The molecule has 1 unspecified atom stereocenters. The molecule has 2 rings (SSSR count). The highest BCUT2D eigenvalue weighted by molar-refractivity contribution is 5.03. The Kier molecular flexibility index (Phi) is 4.57. The lowest BCUT2D eigenvalue weighted by molar-refractivity contribution is 0.0893. The Morgan fingerprint density at radius 1 is 1.47 bits per heavy atom. The molecule has 1 aromatic rings. The minimum atomic E-state index is 0.312. The molecule has 0 aromatic carbocycles. The van der Waals surface area contributed by atoms with Crippen LogP contribution in [0.5, 0.6) is 0 Å². The third-order valence-electron chi connectivity index (χ3n) is 3.63. The minimum absolute atomic E-state index is 0.312. The van der Waals surface area contributed by atoms with Crippen LogP contribution in [0.15, 0.2) is 12.4 Å². The van der Waals surface area contributed by atoms with E-state index < -0.39 is 0 Å². The molecule has 1 aliphatic rings. The molecule has 4 nitrogen and oxygen atoms in total. The molecule has 96 valence electrons. The molecule has 0 spiro atoms. The third-order valence-corrected chi connectivity index (χ3v) is 3.63. The predicted octanol–water partition coefficient (Wildman–Crippen LogP) is 1.20. The van der Waals surface area contributed by atoms with Gasteiger partial charge in [-0.1, -0.05) is 6.42 Å². The first-order valence-electron chi connectivity index (χ1n) is 6.62. The molecule has 1 atom stereocenters. The van der Waals surface area contributed by atoms with Gasteiger partial charge < -0.3 is 5.11 Å². The highest BCUT2D eigenvalue weighted by Crippen LogP contribution is 2.17. The minimum Gasteiger partial charge on any atom is -0.395 e. The Morgan fingerprint density at radius 3 is 3.06 bits per heavy atom. The second-order valence-corrected chi connectivity index (χ2v) is 4.99. The van der Waals surface area contributed by atoms with Gasteiger partial charge in [0, 0.05) is 19.3 Å². The number of aliphatic hydroxyl groups is 1. The van der Waals surface area contributed by atoms with Crippen LogP contribution in [0.25, 0.3) is 0 Å². The molecule has 1 fully saturated rings. The van der Waals surface area contributed by atoms with E-state index in [2.05, 4.69) is 16.2 Å². The fourth-order valence-electron chi connectivity index (χ4n) is 2.65. The molecule has 1 aliphatic heterocycles. The van der Waals surface area contributed by atoms with E-state index in [9.17, 15) is 5.11 Å². The fraction of sp³-hybridized carbons (Fsp3) is 0.769. The summed E-state index contributed by atoms with van der Waals surface area (Å²) in [5.74, 6) is 0. The van der Waals surface area contributed by atoms with Crippen molar-refractivity contribution in [2.45, 2.75) is 38.1 Å². The predicted molar refractivity (Wildman–Crippen MR) is 67.8 cm³/mol. The number of hydrogen-bond donors (Lipinski definition) is 1. The van der Waals surface area contributed by atoms with Crippen molar-refractivity contribution in [3.8, 4) is 0 Å². The number of likely N-dealkylation sites (tertiary alicyclic amines) is 1. The van der Waals surface area contributed by atoms with Crippen LogP contribution in [0.4, 0.5) is 0 Å². The Hall–Kier alpha value is -0.870. The van der Waals surface area contributed by atoms with Gasteiger partial charge in [-0.05, 0) is 44.3 Å². The molecule has 17 heavy (non-hydrogen) atoms. The summed E-state index contributed by atoms with van der Waals surface area (Å²) in [6.07, 6.45) is 9.97. The van der Waals surface area contributed by atoms with E-state index in [0.717, 1.165) is 32.4 Å². The zero-order chi connectivity index (χ0) is 12.1. The largest absolute Gasteiger partial charge is 0.395 e. The number of rotatable bonds is 5. The maximum atomic E-state index is 9.33. The van der Waals surface area contributed by atoms with E-state index in [1.807, 2.05) is 17.9 Å². The molecule has 0 saturated carbocycles. The zero-order valence-corrected chi connectivity index (χ0v) is 10.7. The van der Waals surface area contributed by atoms with Gasteiger partial charge in [-0.2, -0.15) is 5.10 Å². The number of nitrogens with zero attached hydrogens (tertiary/aromatic N) is 3. The highest BCUT2D eigenvalue weighted by Gasteiger charge is 2.20. The van der Waals surface area contributed by atoms with Gasteiger partial charge in [0.2, 0.25) is 0 Å². The van der Waals surface area contributed by atoms with E-state index in [1.54, 1.807) is 0 Å². The number of aryl methyl sites for hydroxylation is 2. The molecule has 4 heteroatoms. The number of aliphatic hydroxyl groups excluding tert-OH is 1. The van der Waals surface area contributed by atoms with E-state index in [-0.39, 0.29) is 0 Å². The van der Waals surface area contributed by atoms with E-state index in [1.165, 1.54) is 18.4 Å². The van der Waals surface area contributed by atoms with E-state index in [4.69, 9.17) is 0 Å². The molecule has 2 heterocycles. The first-order chi connectivity index (χ1) is 8.29. The Labute approximate surface area is 103 Å². The van der Waals surface area contributed by atoms with Gasteiger partial charge in [0.15, 0.2) is 0 Å². The van der Waals surface area contributed by atoms with Crippen LogP contribution < -0.4 is 0 Å². The highest BCUT2D eigenvalue weighted by atomic mass is 16.3. The van der Waals surface area contributed by atoms with Gasteiger partial charge in [-0.15, -0.1) is 0 Å². The Balaban J connectivity index is 1.73. The summed E-state index contributed by atoms with van der Waals surface area (Å²) < 4.78 is 1.85. The van der Waals surface area contributed by atoms with Gasteiger partial charge in [0.05, 0.1) is 12.8 Å². The molecule has 0 aliphatic carbocycles. The zero-order valence-electron chi connectivity index (χ0n) is 10.7. The first-order valence-corrected chi connectivity index (χ1v) is 6.62. The van der Waals surface area contributed by atoms with Gasteiger partial charge in [0.25, 0.3) is 0 Å². The third kappa shape index (κ3) is 3.54. The average Bonchev–Trinajstić information content (AvgIpc) is 2.76. The monoisotopic (exact) mass is 237 g/mol. The van der Waals surface area contributed by atoms with Crippen molar-refractivity contribution in [1.29, 1.82) is 0 Å². The smallest absolute Gasteiger partial charge is 0.0586 e. The van der Waals surface area contributed by atoms with Crippen LogP contribution in [0.1, 0.15) is 31.2 Å². The SMILES string of the molecule is Cn1cc(CCCN2CCCCC2CO)cn1. The maximum Gasteiger partial charge on any atom is 0.0586 e. The number of piperidine rings is 1. The van der Waals surface area contributed by atoms with Gasteiger partial charge in [0.1, 0.15) is 0 Å². The Bertz CT molecular complexity index is 337.